The molecule has 2 aromatic rings. The normalized spacial score (nSPS) is 11.8. The molecule has 3 nitrogen and oxygen atoms in total. The van der Waals surface area contributed by atoms with Crippen LogP contribution in [0.15, 0.2) is 24.4 Å². The van der Waals surface area contributed by atoms with Crippen molar-refractivity contribution in [1.29, 1.82) is 0 Å². The molecule has 0 radical (unpaired) electrons. The van der Waals surface area contributed by atoms with Crippen molar-refractivity contribution in [2.24, 2.45) is 0 Å². The van der Waals surface area contributed by atoms with Crippen LogP contribution >= 0.6 is 0 Å². The maximum Gasteiger partial charge on any atom is 0.416 e. The predicted molar refractivity (Wildman–Crippen MR) is 61.3 cm³/mol. The van der Waals surface area contributed by atoms with Gasteiger partial charge in [0.05, 0.1) is 11.1 Å². The number of nitrogens with zero attached hydrogens (tertiary/aromatic N) is 1. The smallest absolute Gasteiger partial charge is 0.360 e. The van der Waals surface area contributed by atoms with Gasteiger partial charge < -0.3 is 9.88 Å². The van der Waals surface area contributed by atoms with E-state index in [0.29, 0.717) is 16.5 Å². The molecule has 6 heteroatoms. The van der Waals surface area contributed by atoms with Gasteiger partial charge in [-0.3, -0.25) is 4.79 Å². The van der Waals surface area contributed by atoms with Gasteiger partial charge in [-0.05, 0) is 12.1 Å². The Morgan fingerprint density at radius 2 is 1.94 bits per heavy atom. The van der Waals surface area contributed by atoms with Gasteiger partial charge in [0.1, 0.15) is 0 Å². The summed E-state index contributed by atoms with van der Waals surface area (Å²) in [5, 5.41) is 0.488. The standard InChI is InChI=1S/C12H11F3N2O/c1-17(2)11(18)9-6-16-10-5-7(12(13,14)15)3-4-8(9)10/h3-6,16H,1-2H3. The number of carbonyl (C=O) groups is 1. The summed E-state index contributed by atoms with van der Waals surface area (Å²) < 4.78 is 37.6. The Kier molecular flexibility index (Phi) is 2.80. The highest BCUT2D eigenvalue weighted by molar-refractivity contribution is 6.06. The van der Waals surface area contributed by atoms with Crippen LogP contribution in [0.4, 0.5) is 13.2 Å². The van der Waals surface area contributed by atoms with Crippen molar-refractivity contribution in [1.82, 2.24) is 9.88 Å². The summed E-state index contributed by atoms with van der Waals surface area (Å²) in [5.74, 6) is -0.249. The first-order valence-electron chi connectivity index (χ1n) is 5.20. The molecular formula is C12H11F3N2O. The molecular weight excluding hydrogens is 245 g/mol. The van der Waals surface area contributed by atoms with Crippen LogP contribution in [-0.4, -0.2) is 29.9 Å². The van der Waals surface area contributed by atoms with Crippen LogP contribution in [0.25, 0.3) is 10.9 Å². The van der Waals surface area contributed by atoms with E-state index in [1.807, 2.05) is 0 Å². The molecule has 0 aliphatic heterocycles. The van der Waals surface area contributed by atoms with Gasteiger partial charge in [-0.1, -0.05) is 6.07 Å². The van der Waals surface area contributed by atoms with Crippen molar-refractivity contribution in [3.05, 3.63) is 35.5 Å². The topological polar surface area (TPSA) is 36.1 Å². The van der Waals surface area contributed by atoms with E-state index in [-0.39, 0.29) is 5.91 Å². The van der Waals surface area contributed by atoms with Crippen molar-refractivity contribution in [2.45, 2.75) is 6.18 Å². The number of hydrogen-bond acceptors (Lipinski definition) is 1. The highest BCUT2D eigenvalue weighted by Crippen LogP contribution is 2.32. The molecule has 0 unspecified atom stereocenters. The first-order valence-corrected chi connectivity index (χ1v) is 5.20. The van der Waals surface area contributed by atoms with E-state index >= 15 is 0 Å². The number of aromatic amines is 1. The SMILES string of the molecule is CN(C)C(=O)c1c[nH]c2cc(C(F)(F)F)ccc12. The van der Waals surface area contributed by atoms with E-state index in [2.05, 4.69) is 4.98 Å². The second-order valence-corrected chi connectivity index (χ2v) is 4.16. The van der Waals surface area contributed by atoms with Gasteiger partial charge in [0.15, 0.2) is 0 Å². The highest BCUT2D eigenvalue weighted by atomic mass is 19.4. The van der Waals surface area contributed by atoms with E-state index in [0.717, 1.165) is 12.1 Å². The molecule has 0 saturated heterocycles. The molecule has 96 valence electrons. The molecule has 2 rings (SSSR count). The predicted octanol–water partition coefficient (Wildman–Crippen LogP) is 2.89. The summed E-state index contributed by atoms with van der Waals surface area (Å²) in [5.41, 5.74) is -0.0700. The van der Waals surface area contributed by atoms with E-state index in [1.165, 1.54) is 17.2 Å². The maximum absolute atomic E-state index is 12.5. The molecule has 0 fully saturated rings. The van der Waals surface area contributed by atoms with Crippen molar-refractivity contribution >= 4 is 16.8 Å². The molecule has 0 aliphatic rings. The zero-order valence-electron chi connectivity index (χ0n) is 9.80. The molecule has 0 spiro atoms. The molecule has 1 heterocycles. The number of amides is 1. The number of rotatable bonds is 1. The van der Waals surface area contributed by atoms with Crippen molar-refractivity contribution in [3.8, 4) is 0 Å². The number of carbonyl (C=O) groups excluding carboxylic acids is 1. The van der Waals surface area contributed by atoms with Crippen LogP contribution in [-0.2, 0) is 6.18 Å². The second-order valence-electron chi connectivity index (χ2n) is 4.16. The lowest BCUT2D eigenvalue weighted by molar-refractivity contribution is -0.137. The molecule has 1 N–H and O–H groups in total. The third-order valence-corrected chi connectivity index (χ3v) is 2.65. The molecule has 0 saturated carbocycles. The van der Waals surface area contributed by atoms with Gasteiger partial charge in [-0.15, -0.1) is 0 Å². The van der Waals surface area contributed by atoms with Crippen molar-refractivity contribution in [2.75, 3.05) is 14.1 Å². The Bertz CT molecular complexity index is 599. The molecule has 1 aromatic carbocycles. The molecule has 0 bridgehead atoms. The molecule has 18 heavy (non-hydrogen) atoms. The van der Waals surface area contributed by atoms with Gasteiger partial charge >= 0.3 is 6.18 Å². The fraction of sp³-hybridized carbons (Fsp3) is 0.250. The first kappa shape index (κ1) is 12.5. The van der Waals surface area contributed by atoms with Crippen LogP contribution in [0.2, 0.25) is 0 Å². The minimum atomic E-state index is -4.38. The minimum Gasteiger partial charge on any atom is -0.360 e. The zero-order chi connectivity index (χ0) is 13.5. The molecule has 0 aliphatic carbocycles. The van der Waals surface area contributed by atoms with Crippen molar-refractivity contribution in [3.63, 3.8) is 0 Å². The van der Waals surface area contributed by atoms with Gasteiger partial charge in [-0.2, -0.15) is 13.2 Å². The third-order valence-electron chi connectivity index (χ3n) is 2.65. The summed E-state index contributed by atoms with van der Waals surface area (Å²) in [6.45, 7) is 0. The lowest BCUT2D eigenvalue weighted by atomic mass is 10.1. The van der Waals surface area contributed by atoms with Gasteiger partial charge in [0.25, 0.3) is 5.91 Å². The van der Waals surface area contributed by atoms with E-state index < -0.39 is 11.7 Å². The molecule has 1 amide bonds. The maximum atomic E-state index is 12.5. The number of halogens is 3. The fourth-order valence-electron chi connectivity index (χ4n) is 1.72. The summed E-state index contributed by atoms with van der Waals surface area (Å²) in [4.78, 5) is 15.8. The van der Waals surface area contributed by atoms with Crippen LogP contribution in [0, 0.1) is 0 Å². The number of nitrogens with one attached hydrogen (secondary N) is 1. The van der Waals surface area contributed by atoms with Crippen molar-refractivity contribution < 1.29 is 18.0 Å². The Morgan fingerprint density at radius 3 is 2.50 bits per heavy atom. The Labute approximate surface area is 101 Å². The number of hydrogen-bond donors (Lipinski definition) is 1. The van der Waals surface area contributed by atoms with Crippen LogP contribution < -0.4 is 0 Å². The van der Waals surface area contributed by atoms with Crippen LogP contribution in [0.3, 0.4) is 0 Å². The minimum absolute atomic E-state index is 0.249. The highest BCUT2D eigenvalue weighted by Gasteiger charge is 2.30. The van der Waals surface area contributed by atoms with Gasteiger partial charge in [-0.25, -0.2) is 0 Å². The largest absolute Gasteiger partial charge is 0.416 e. The van der Waals surface area contributed by atoms with E-state index in [4.69, 9.17) is 0 Å². The van der Waals surface area contributed by atoms with E-state index in [1.54, 1.807) is 14.1 Å². The quantitative estimate of drug-likeness (QED) is 0.836. The third kappa shape index (κ3) is 2.05. The second kappa shape index (κ2) is 4.04. The average Bonchev–Trinajstić information content (AvgIpc) is 2.69. The van der Waals surface area contributed by atoms with Crippen LogP contribution in [0.1, 0.15) is 15.9 Å². The number of alkyl halides is 3. The summed E-state index contributed by atoms with van der Waals surface area (Å²) in [7, 11) is 3.18. The van der Waals surface area contributed by atoms with Gasteiger partial charge in [0.2, 0.25) is 0 Å². The molecule has 0 atom stereocenters. The van der Waals surface area contributed by atoms with Gasteiger partial charge in [0, 0.05) is 31.2 Å². The average molecular weight is 256 g/mol. The van der Waals surface area contributed by atoms with E-state index in [9.17, 15) is 18.0 Å². The number of fused-ring (bicyclic) bond motifs is 1. The zero-order valence-corrected chi connectivity index (χ0v) is 9.80. The monoisotopic (exact) mass is 256 g/mol. The Hall–Kier alpha value is -1.98. The fourth-order valence-corrected chi connectivity index (χ4v) is 1.72. The summed E-state index contributed by atoms with van der Waals surface area (Å²) >= 11 is 0. The number of aromatic nitrogens is 1. The van der Waals surface area contributed by atoms with Crippen LogP contribution in [0.5, 0.6) is 0 Å². The Morgan fingerprint density at radius 1 is 1.28 bits per heavy atom. The molecule has 1 aromatic heterocycles. The summed E-state index contributed by atoms with van der Waals surface area (Å²) in [6.07, 6.45) is -2.96. The lowest BCUT2D eigenvalue weighted by Gasteiger charge is -2.09. The Balaban J connectivity index is 2.54. The first-order chi connectivity index (χ1) is 8.30. The number of H-pyrrole nitrogens is 1. The number of benzene rings is 1. The summed E-state index contributed by atoms with van der Waals surface area (Å²) in [6, 6.07) is 3.29. The lowest BCUT2D eigenvalue weighted by Crippen LogP contribution is -2.21.